The van der Waals surface area contributed by atoms with Gasteiger partial charge in [0.05, 0.1) is 11.7 Å². The molecule has 0 saturated carbocycles. The second-order valence-corrected chi connectivity index (χ2v) is 4.99. The zero-order chi connectivity index (χ0) is 15.2. The van der Waals surface area contributed by atoms with Crippen molar-refractivity contribution in [1.82, 2.24) is 9.78 Å². The standard InChI is InChI=1S/C15H21BN2O3/c1-3-14(4-2)18-9-8-13(17-18)11-21-15-7-5-6-12(10-15)16(19)20/h5-10,14,19-20H,3-4,11H2,1-2H3. The van der Waals surface area contributed by atoms with Crippen LogP contribution in [0.25, 0.3) is 0 Å². The van der Waals surface area contributed by atoms with Crippen LogP contribution in [0.4, 0.5) is 0 Å². The molecule has 0 unspecified atom stereocenters. The fourth-order valence-electron chi connectivity index (χ4n) is 2.24. The molecule has 0 saturated heterocycles. The highest BCUT2D eigenvalue weighted by atomic mass is 16.5. The first-order chi connectivity index (χ1) is 10.1. The van der Waals surface area contributed by atoms with Crippen molar-refractivity contribution in [1.29, 1.82) is 0 Å². The summed E-state index contributed by atoms with van der Waals surface area (Å²) < 4.78 is 7.62. The third-order valence-corrected chi connectivity index (χ3v) is 3.52. The largest absolute Gasteiger partial charge is 0.488 e. The zero-order valence-corrected chi connectivity index (χ0v) is 12.4. The summed E-state index contributed by atoms with van der Waals surface area (Å²) in [6.45, 7) is 4.66. The van der Waals surface area contributed by atoms with Crippen LogP contribution in [0, 0.1) is 0 Å². The number of rotatable bonds is 7. The van der Waals surface area contributed by atoms with Crippen LogP contribution in [0.1, 0.15) is 38.4 Å². The highest BCUT2D eigenvalue weighted by Gasteiger charge is 2.12. The second kappa shape index (κ2) is 7.29. The molecule has 2 rings (SSSR count). The van der Waals surface area contributed by atoms with Crippen molar-refractivity contribution >= 4 is 12.6 Å². The van der Waals surface area contributed by atoms with Gasteiger partial charge in [-0.1, -0.05) is 26.0 Å². The van der Waals surface area contributed by atoms with E-state index in [0.717, 1.165) is 18.5 Å². The minimum absolute atomic E-state index is 0.359. The Morgan fingerprint density at radius 2 is 2.00 bits per heavy atom. The molecule has 1 aromatic heterocycles. The summed E-state index contributed by atoms with van der Waals surface area (Å²) in [4.78, 5) is 0. The molecule has 1 aromatic carbocycles. The van der Waals surface area contributed by atoms with Crippen molar-refractivity contribution in [2.24, 2.45) is 0 Å². The van der Waals surface area contributed by atoms with Crippen molar-refractivity contribution in [2.75, 3.05) is 0 Å². The summed E-state index contributed by atoms with van der Waals surface area (Å²) in [5, 5.41) is 22.8. The number of ether oxygens (including phenoxy) is 1. The third kappa shape index (κ3) is 4.09. The van der Waals surface area contributed by atoms with Gasteiger partial charge in [0.1, 0.15) is 12.4 Å². The van der Waals surface area contributed by atoms with Gasteiger partial charge < -0.3 is 14.8 Å². The fourth-order valence-corrected chi connectivity index (χ4v) is 2.24. The number of nitrogens with zero attached hydrogens (tertiary/aromatic N) is 2. The SMILES string of the molecule is CCC(CC)n1ccc(COc2cccc(B(O)O)c2)n1. The minimum atomic E-state index is -1.48. The number of hydrogen-bond donors (Lipinski definition) is 2. The van der Waals surface area contributed by atoms with Crippen molar-refractivity contribution in [2.45, 2.75) is 39.3 Å². The van der Waals surface area contributed by atoms with Gasteiger partial charge in [0, 0.05) is 6.20 Å². The summed E-state index contributed by atoms with van der Waals surface area (Å²) >= 11 is 0. The average Bonchev–Trinajstić information content (AvgIpc) is 2.95. The van der Waals surface area contributed by atoms with E-state index < -0.39 is 7.12 Å². The Morgan fingerprint density at radius 3 is 2.67 bits per heavy atom. The molecule has 0 spiro atoms. The molecule has 2 N–H and O–H groups in total. The first-order valence-electron chi connectivity index (χ1n) is 7.27. The summed E-state index contributed by atoms with van der Waals surface area (Å²) in [5.41, 5.74) is 1.27. The van der Waals surface area contributed by atoms with E-state index >= 15 is 0 Å². The molecule has 0 atom stereocenters. The Kier molecular flexibility index (Phi) is 5.41. The van der Waals surface area contributed by atoms with E-state index in [1.165, 1.54) is 0 Å². The summed E-state index contributed by atoms with van der Waals surface area (Å²) in [6, 6.07) is 9.13. The van der Waals surface area contributed by atoms with Crippen LogP contribution < -0.4 is 10.2 Å². The highest BCUT2D eigenvalue weighted by molar-refractivity contribution is 6.58. The smallest absolute Gasteiger partial charge is 0.487 e. The second-order valence-electron chi connectivity index (χ2n) is 4.99. The van der Waals surface area contributed by atoms with Crippen molar-refractivity contribution in [3.63, 3.8) is 0 Å². The maximum atomic E-state index is 9.14. The first-order valence-corrected chi connectivity index (χ1v) is 7.27. The minimum Gasteiger partial charge on any atom is -0.487 e. The maximum Gasteiger partial charge on any atom is 0.488 e. The lowest BCUT2D eigenvalue weighted by atomic mass is 9.80. The molecule has 0 aliphatic heterocycles. The van der Waals surface area contributed by atoms with Crippen LogP contribution in [0.2, 0.25) is 0 Å². The van der Waals surface area contributed by atoms with Gasteiger partial charge in [-0.15, -0.1) is 0 Å². The molecule has 6 heteroatoms. The Labute approximate surface area is 125 Å². The molecule has 0 aliphatic carbocycles. The lowest BCUT2D eigenvalue weighted by Crippen LogP contribution is -2.29. The van der Waals surface area contributed by atoms with Crippen molar-refractivity contribution in [3.05, 3.63) is 42.2 Å². The van der Waals surface area contributed by atoms with Crippen LogP contribution in [0.15, 0.2) is 36.5 Å². The Morgan fingerprint density at radius 1 is 1.24 bits per heavy atom. The van der Waals surface area contributed by atoms with Crippen molar-refractivity contribution in [3.8, 4) is 5.75 Å². The molecular weight excluding hydrogens is 267 g/mol. The van der Waals surface area contributed by atoms with E-state index in [-0.39, 0.29) is 0 Å². The number of aromatic nitrogens is 2. The lowest BCUT2D eigenvalue weighted by molar-refractivity contribution is 0.297. The Bertz CT molecular complexity index is 568. The predicted molar refractivity (Wildman–Crippen MR) is 82.4 cm³/mol. The third-order valence-electron chi connectivity index (χ3n) is 3.52. The van der Waals surface area contributed by atoms with Crippen LogP contribution in [0.5, 0.6) is 5.75 Å². The Balaban J connectivity index is 1.98. The van der Waals surface area contributed by atoms with E-state index in [1.54, 1.807) is 24.3 Å². The van der Waals surface area contributed by atoms with Crippen LogP contribution in [0.3, 0.4) is 0 Å². The monoisotopic (exact) mass is 288 g/mol. The van der Waals surface area contributed by atoms with Gasteiger partial charge in [-0.3, -0.25) is 4.68 Å². The summed E-state index contributed by atoms with van der Waals surface area (Å²) in [5.74, 6) is 0.595. The van der Waals surface area contributed by atoms with Gasteiger partial charge in [-0.05, 0) is 36.5 Å². The molecule has 5 nitrogen and oxygen atoms in total. The lowest BCUT2D eigenvalue weighted by Gasteiger charge is -2.12. The highest BCUT2D eigenvalue weighted by Crippen LogP contribution is 2.15. The molecule has 112 valence electrons. The van der Waals surface area contributed by atoms with Crippen molar-refractivity contribution < 1.29 is 14.8 Å². The summed E-state index contributed by atoms with van der Waals surface area (Å²) in [7, 11) is -1.48. The van der Waals surface area contributed by atoms with Crippen LogP contribution >= 0.6 is 0 Å². The number of hydrogen-bond acceptors (Lipinski definition) is 4. The molecule has 0 fully saturated rings. The van der Waals surface area contributed by atoms with Crippen LogP contribution in [-0.4, -0.2) is 26.9 Å². The normalized spacial score (nSPS) is 10.9. The molecule has 0 radical (unpaired) electrons. The molecule has 0 amide bonds. The molecule has 0 bridgehead atoms. The summed E-state index contributed by atoms with van der Waals surface area (Å²) in [6.07, 6.45) is 4.08. The van der Waals surface area contributed by atoms with E-state index in [1.807, 2.05) is 16.9 Å². The zero-order valence-electron chi connectivity index (χ0n) is 12.4. The van der Waals surface area contributed by atoms with Gasteiger partial charge >= 0.3 is 7.12 Å². The molecule has 21 heavy (non-hydrogen) atoms. The fraction of sp³-hybridized carbons (Fsp3) is 0.400. The van der Waals surface area contributed by atoms with E-state index in [4.69, 9.17) is 14.8 Å². The molecule has 2 aromatic rings. The average molecular weight is 288 g/mol. The van der Waals surface area contributed by atoms with Gasteiger partial charge in [-0.2, -0.15) is 5.10 Å². The molecule has 0 aliphatic rings. The Hall–Kier alpha value is -1.79. The van der Waals surface area contributed by atoms with Gasteiger partial charge in [0.25, 0.3) is 0 Å². The first kappa shape index (κ1) is 15.6. The molecular formula is C15H21BN2O3. The number of benzene rings is 1. The van der Waals surface area contributed by atoms with Crippen LogP contribution in [-0.2, 0) is 6.61 Å². The van der Waals surface area contributed by atoms with Gasteiger partial charge in [0.15, 0.2) is 0 Å². The van der Waals surface area contributed by atoms with E-state index in [9.17, 15) is 0 Å². The van der Waals surface area contributed by atoms with Gasteiger partial charge in [0.2, 0.25) is 0 Å². The van der Waals surface area contributed by atoms with Gasteiger partial charge in [-0.25, -0.2) is 0 Å². The predicted octanol–water partition coefficient (Wildman–Crippen LogP) is 1.50. The van der Waals surface area contributed by atoms with E-state index in [2.05, 4.69) is 18.9 Å². The topological polar surface area (TPSA) is 67.5 Å². The quantitative estimate of drug-likeness (QED) is 0.758. The molecule has 1 heterocycles. The maximum absolute atomic E-state index is 9.14. The van der Waals surface area contributed by atoms with E-state index in [0.29, 0.717) is 23.9 Å².